The van der Waals surface area contributed by atoms with Crippen LogP contribution in [-0.2, 0) is 19.6 Å². The van der Waals surface area contributed by atoms with E-state index in [4.69, 9.17) is 4.74 Å². The molecule has 1 amide bonds. The van der Waals surface area contributed by atoms with Crippen LogP contribution in [-0.4, -0.2) is 51.9 Å². The first kappa shape index (κ1) is 21.1. The van der Waals surface area contributed by atoms with Crippen molar-refractivity contribution in [3.63, 3.8) is 0 Å². The number of rotatable bonds is 5. The third kappa shape index (κ3) is 5.93. The van der Waals surface area contributed by atoms with Crippen molar-refractivity contribution in [2.24, 2.45) is 5.92 Å². The average molecular weight is 410 g/mol. The Morgan fingerprint density at radius 3 is 2.14 bits per heavy atom. The lowest BCUT2D eigenvalue weighted by molar-refractivity contribution is -0.120. The van der Waals surface area contributed by atoms with Gasteiger partial charge in [-0.3, -0.25) is 4.79 Å². The van der Waals surface area contributed by atoms with E-state index in [0.29, 0.717) is 25.7 Å². The Morgan fingerprint density at radius 1 is 1.04 bits per heavy atom. The molecule has 1 aliphatic heterocycles. The second-order valence-electron chi connectivity index (χ2n) is 8.14. The minimum absolute atomic E-state index is 0.0131. The van der Waals surface area contributed by atoms with Crippen molar-refractivity contribution >= 4 is 27.3 Å². The molecule has 1 aliphatic carbocycles. The molecule has 7 nitrogen and oxygen atoms in total. The van der Waals surface area contributed by atoms with Gasteiger partial charge in [0.2, 0.25) is 15.9 Å². The summed E-state index contributed by atoms with van der Waals surface area (Å²) < 4.78 is 31.1. The molecule has 2 atom stereocenters. The lowest BCUT2D eigenvalue weighted by Crippen LogP contribution is -2.45. The monoisotopic (exact) mass is 409 g/mol. The van der Waals surface area contributed by atoms with Gasteiger partial charge in [-0.2, -0.15) is 0 Å². The van der Waals surface area contributed by atoms with E-state index in [0.717, 1.165) is 24.5 Å². The third-order valence-electron chi connectivity index (χ3n) is 5.40. The second kappa shape index (κ2) is 8.80. The van der Waals surface area contributed by atoms with Gasteiger partial charge in [0.15, 0.2) is 0 Å². The number of morpholine rings is 1. The summed E-state index contributed by atoms with van der Waals surface area (Å²) in [5.74, 6) is -0.0580. The van der Waals surface area contributed by atoms with Gasteiger partial charge in [-0.05, 0) is 63.8 Å². The van der Waals surface area contributed by atoms with Crippen LogP contribution in [0.4, 0.5) is 11.4 Å². The Morgan fingerprint density at radius 2 is 1.61 bits per heavy atom. The lowest BCUT2D eigenvalue weighted by Gasteiger charge is -2.36. The van der Waals surface area contributed by atoms with Gasteiger partial charge in [-0.25, -0.2) is 13.1 Å². The minimum atomic E-state index is -3.19. The Labute approximate surface area is 167 Å². The zero-order valence-corrected chi connectivity index (χ0v) is 17.7. The summed E-state index contributed by atoms with van der Waals surface area (Å²) in [7, 11) is -3.19. The maximum absolute atomic E-state index is 12.6. The number of nitrogens with zero attached hydrogens (tertiary/aromatic N) is 1. The lowest BCUT2D eigenvalue weighted by atomic mass is 9.86. The highest BCUT2D eigenvalue weighted by molar-refractivity contribution is 7.88. The van der Waals surface area contributed by atoms with Crippen molar-refractivity contribution < 1.29 is 17.9 Å². The minimum Gasteiger partial charge on any atom is -0.372 e. The number of hydrogen-bond acceptors (Lipinski definition) is 5. The van der Waals surface area contributed by atoms with Crippen molar-refractivity contribution in [1.82, 2.24) is 4.72 Å². The third-order valence-corrected chi connectivity index (χ3v) is 6.16. The normalized spacial score (nSPS) is 28.8. The van der Waals surface area contributed by atoms with Gasteiger partial charge in [-0.1, -0.05) is 0 Å². The first-order valence-corrected chi connectivity index (χ1v) is 11.9. The summed E-state index contributed by atoms with van der Waals surface area (Å²) in [6, 6.07) is 7.89. The number of anilines is 2. The number of benzene rings is 1. The first-order valence-electron chi connectivity index (χ1n) is 9.98. The molecule has 3 rings (SSSR count). The predicted molar refractivity (Wildman–Crippen MR) is 111 cm³/mol. The standard InChI is InChI=1S/C20H31N3O4S/c1-14-12-23(13-15(2)27-14)19-10-8-17(9-11-19)21-20(24)16-4-6-18(7-5-16)22-28(3,25)26/h8-11,14-16,18,22H,4-7,12-13H2,1-3H3,(H,21,24)/t14-,15+,16-,18-. The van der Waals surface area contributed by atoms with E-state index in [2.05, 4.69) is 28.8 Å². The number of carbonyl (C=O) groups is 1. The van der Waals surface area contributed by atoms with E-state index < -0.39 is 10.0 Å². The Kier molecular flexibility index (Phi) is 6.62. The van der Waals surface area contributed by atoms with Gasteiger partial charge in [0.25, 0.3) is 0 Å². The van der Waals surface area contributed by atoms with Crippen molar-refractivity contribution in [3.8, 4) is 0 Å². The highest BCUT2D eigenvalue weighted by Crippen LogP contribution is 2.27. The summed E-state index contributed by atoms with van der Waals surface area (Å²) in [5.41, 5.74) is 1.92. The molecule has 1 heterocycles. The molecule has 2 N–H and O–H groups in total. The maximum atomic E-state index is 12.6. The van der Waals surface area contributed by atoms with Gasteiger partial charge in [0, 0.05) is 36.4 Å². The highest BCUT2D eigenvalue weighted by Gasteiger charge is 2.28. The quantitative estimate of drug-likeness (QED) is 0.779. The van der Waals surface area contributed by atoms with E-state index in [-0.39, 0.29) is 30.1 Å². The van der Waals surface area contributed by atoms with Gasteiger partial charge in [-0.15, -0.1) is 0 Å². The predicted octanol–water partition coefficient (Wildman–Crippen LogP) is 2.35. The average Bonchev–Trinajstić information content (AvgIpc) is 2.60. The molecule has 1 aromatic carbocycles. The van der Waals surface area contributed by atoms with Gasteiger partial charge >= 0.3 is 0 Å². The number of ether oxygens (including phenoxy) is 1. The highest BCUT2D eigenvalue weighted by atomic mass is 32.2. The molecular weight excluding hydrogens is 378 g/mol. The van der Waals surface area contributed by atoms with Crippen LogP contribution in [0.25, 0.3) is 0 Å². The fraction of sp³-hybridized carbons (Fsp3) is 0.650. The van der Waals surface area contributed by atoms with E-state index >= 15 is 0 Å². The molecule has 0 unspecified atom stereocenters. The van der Waals surface area contributed by atoms with Crippen LogP contribution < -0.4 is 14.9 Å². The molecule has 156 valence electrons. The molecule has 1 aromatic rings. The van der Waals surface area contributed by atoms with Crippen LogP contribution in [0, 0.1) is 5.92 Å². The topological polar surface area (TPSA) is 87.7 Å². The fourth-order valence-corrected chi connectivity index (χ4v) is 5.01. The molecule has 0 spiro atoms. The van der Waals surface area contributed by atoms with Crippen LogP contribution in [0.2, 0.25) is 0 Å². The number of sulfonamides is 1. The van der Waals surface area contributed by atoms with E-state index in [9.17, 15) is 13.2 Å². The SMILES string of the molecule is C[C@@H]1CN(c2ccc(NC(=O)[C@H]3CC[C@H](NS(C)(=O)=O)CC3)cc2)C[C@H](C)O1. The molecule has 1 saturated heterocycles. The smallest absolute Gasteiger partial charge is 0.227 e. The Balaban J connectivity index is 1.51. The number of amides is 1. The van der Waals surface area contributed by atoms with Crippen LogP contribution in [0.3, 0.4) is 0 Å². The Hall–Kier alpha value is -1.64. The summed E-state index contributed by atoms with van der Waals surface area (Å²) in [5, 5.41) is 3.00. The number of nitrogens with one attached hydrogen (secondary N) is 2. The van der Waals surface area contributed by atoms with Crippen LogP contribution in [0.1, 0.15) is 39.5 Å². The molecule has 2 aliphatic rings. The molecule has 8 heteroatoms. The van der Waals surface area contributed by atoms with Crippen molar-refractivity contribution in [2.45, 2.75) is 57.8 Å². The van der Waals surface area contributed by atoms with Gasteiger partial charge < -0.3 is 15.0 Å². The van der Waals surface area contributed by atoms with E-state index in [1.807, 2.05) is 24.3 Å². The largest absolute Gasteiger partial charge is 0.372 e. The van der Waals surface area contributed by atoms with Crippen molar-refractivity contribution in [2.75, 3.05) is 29.6 Å². The van der Waals surface area contributed by atoms with Crippen LogP contribution in [0.5, 0.6) is 0 Å². The van der Waals surface area contributed by atoms with E-state index in [1.54, 1.807) is 0 Å². The first-order chi connectivity index (χ1) is 13.2. The molecule has 1 saturated carbocycles. The van der Waals surface area contributed by atoms with Crippen molar-refractivity contribution in [3.05, 3.63) is 24.3 Å². The van der Waals surface area contributed by atoms with Crippen LogP contribution >= 0.6 is 0 Å². The molecule has 0 radical (unpaired) electrons. The van der Waals surface area contributed by atoms with Crippen molar-refractivity contribution in [1.29, 1.82) is 0 Å². The maximum Gasteiger partial charge on any atom is 0.227 e. The number of hydrogen-bond donors (Lipinski definition) is 2. The fourth-order valence-electron chi connectivity index (χ4n) is 4.16. The van der Waals surface area contributed by atoms with Crippen LogP contribution in [0.15, 0.2) is 24.3 Å². The summed E-state index contributed by atoms with van der Waals surface area (Å²) >= 11 is 0. The molecule has 0 aromatic heterocycles. The van der Waals surface area contributed by atoms with Gasteiger partial charge in [0.05, 0.1) is 18.5 Å². The molecule has 28 heavy (non-hydrogen) atoms. The van der Waals surface area contributed by atoms with E-state index in [1.165, 1.54) is 6.26 Å². The second-order valence-corrected chi connectivity index (χ2v) is 9.92. The molecule has 0 bridgehead atoms. The summed E-state index contributed by atoms with van der Waals surface area (Å²) in [6.07, 6.45) is 4.36. The zero-order chi connectivity index (χ0) is 20.3. The number of carbonyl (C=O) groups excluding carboxylic acids is 1. The zero-order valence-electron chi connectivity index (χ0n) is 16.8. The Bertz CT molecular complexity index is 763. The molecular formula is C20H31N3O4S. The summed E-state index contributed by atoms with van der Waals surface area (Å²) in [6.45, 7) is 5.89. The van der Waals surface area contributed by atoms with Gasteiger partial charge in [0.1, 0.15) is 0 Å². The summed E-state index contributed by atoms with van der Waals surface area (Å²) in [4.78, 5) is 14.9. The molecule has 2 fully saturated rings.